The molecule has 37 heavy (non-hydrogen) atoms. The standard InChI is InChI=1S/C28H34N6O2S/c1-3-5-7-12-24(35)32-20-13-15-34(16-14-20)27-22(17-29)21(4-2)23(18-30)28(33-27)37-25(26(31)36)19-10-8-6-9-11-19/h6,8-11,20,25H,3-5,7,12-16H2,1-2H3,(H2,31,36)(H,32,35). The number of anilines is 1. The lowest BCUT2D eigenvalue weighted by Gasteiger charge is -2.34. The highest BCUT2D eigenvalue weighted by Gasteiger charge is 2.29. The molecule has 1 aliphatic rings. The third-order valence-corrected chi connectivity index (χ3v) is 7.84. The molecule has 0 radical (unpaired) electrons. The van der Waals surface area contributed by atoms with Crippen molar-refractivity contribution in [3.05, 3.63) is 52.6 Å². The lowest BCUT2D eigenvalue weighted by Crippen LogP contribution is -2.45. The summed E-state index contributed by atoms with van der Waals surface area (Å²) in [5, 5.41) is 22.8. The van der Waals surface area contributed by atoms with Gasteiger partial charge < -0.3 is 16.0 Å². The summed E-state index contributed by atoms with van der Waals surface area (Å²) < 4.78 is 0. The Bertz CT molecular complexity index is 1180. The minimum absolute atomic E-state index is 0.0890. The summed E-state index contributed by atoms with van der Waals surface area (Å²) in [5.41, 5.74) is 7.79. The number of primary amides is 1. The van der Waals surface area contributed by atoms with Crippen molar-refractivity contribution in [3.8, 4) is 12.1 Å². The van der Waals surface area contributed by atoms with E-state index in [0.717, 1.165) is 49.4 Å². The summed E-state index contributed by atoms with van der Waals surface area (Å²) >= 11 is 1.15. The number of benzene rings is 1. The van der Waals surface area contributed by atoms with Crippen LogP contribution in [0.1, 0.15) is 79.9 Å². The third-order valence-electron chi connectivity index (χ3n) is 6.58. The van der Waals surface area contributed by atoms with E-state index in [0.29, 0.717) is 53.5 Å². The Hall–Kier alpha value is -3.56. The van der Waals surface area contributed by atoms with Crippen LogP contribution in [0.3, 0.4) is 0 Å². The fourth-order valence-electron chi connectivity index (χ4n) is 4.60. The first-order valence-corrected chi connectivity index (χ1v) is 13.7. The van der Waals surface area contributed by atoms with Crippen molar-refractivity contribution in [2.75, 3.05) is 18.0 Å². The number of nitriles is 2. The van der Waals surface area contributed by atoms with Gasteiger partial charge in [-0.15, -0.1) is 0 Å². The van der Waals surface area contributed by atoms with Crippen molar-refractivity contribution in [1.82, 2.24) is 10.3 Å². The summed E-state index contributed by atoms with van der Waals surface area (Å²) in [6.45, 7) is 5.26. The molecule has 3 rings (SSSR count). The zero-order valence-electron chi connectivity index (χ0n) is 21.5. The van der Waals surface area contributed by atoms with Crippen LogP contribution in [0.2, 0.25) is 0 Å². The Morgan fingerprint density at radius 3 is 2.38 bits per heavy atom. The van der Waals surface area contributed by atoms with Crippen molar-refractivity contribution in [2.45, 2.75) is 75.1 Å². The molecule has 1 aromatic carbocycles. The average molecular weight is 519 g/mol. The largest absolute Gasteiger partial charge is 0.368 e. The van der Waals surface area contributed by atoms with Crippen LogP contribution < -0.4 is 16.0 Å². The Morgan fingerprint density at radius 1 is 1.14 bits per heavy atom. The lowest BCUT2D eigenvalue weighted by molar-refractivity contribution is -0.122. The molecule has 0 bridgehead atoms. The lowest BCUT2D eigenvalue weighted by atomic mass is 9.99. The predicted octanol–water partition coefficient (Wildman–Crippen LogP) is 4.37. The van der Waals surface area contributed by atoms with Crippen LogP contribution in [0.4, 0.5) is 5.82 Å². The van der Waals surface area contributed by atoms with Crippen molar-refractivity contribution in [2.24, 2.45) is 5.73 Å². The first-order chi connectivity index (χ1) is 17.9. The number of unbranched alkanes of at least 4 members (excludes halogenated alkanes) is 2. The minimum atomic E-state index is -0.722. The fourth-order valence-corrected chi connectivity index (χ4v) is 5.66. The first kappa shape index (κ1) is 28.0. The molecule has 3 N–H and O–H groups in total. The number of pyridine rings is 1. The van der Waals surface area contributed by atoms with Crippen LogP contribution in [0.25, 0.3) is 0 Å². The van der Waals surface area contributed by atoms with Crippen molar-refractivity contribution in [3.63, 3.8) is 0 Å². The van der Waals surface area contributed by atoms with Crippen LogP contribution in [0, 0.1) is 22.7 Å². The molecule has 1 aromatic heterocycles. The van der Waals surface area contributed by atoms with Crippen LogP contribution in [-0.4, -0.2) is 35.9 Å². The number of hydrogen-bond acceptors (Lipinski definition) is 7. The molecular formula is C28H34N6O2S. The van der Waals surface area contributed by atoms with Gasteiger partial charge in [0, 0.05) is 25.6 Å². The van der Waals surface area contributed by atoms with Gasteiger partial charge in [0.15, 0.2) is 0 Å². The highest BCUT2D eigenvalue weighted by Crippen LogP contribution is 2.39. The molecule has 194 valence electrons. The van der Waals surface area contributed by atoms with Crippen molar-refractivity contribution < 1.29 is 9.59 Å². The second kappa shape index (κ2) is 13.7. The number of piperidine rings is 1. The number of amides is 2. The van der Waals surface area contributed by atoms with Gasteiger partial charge in [-0.3, -0.25) is 9.59 Å². The molecule has 1 fully saturated rings. The van der Waals surface area contributed by atoms with E-state index in [1.54, 1.807) is 0 Å². The smallest absolute Gasteiger partial charge is 0.235 e. The summed E-state index contributed by atoms with van der Waals surface area (Å²) in [4.78, 5) is 31.5. The zero-order valence-corrected chi connectivity index (χ0v) is 22.3. The molecule has 1 saturated heterocycles. The van der Waals surface area contributed by atoms with Crippen LogP contribution >= 0.6 is 11.8 Å². The van der Waals surface area contributed by atoms with Gasteiger partial charge in [0.1, 0.15) is 28.2 Å². The molecule has 0 spiro atoms. The zero-order chi connectivity index (χ0) is 26.8. The summed E-state index contributed by atoms with van der Waals surface area (Å²) in [6, 6.07) is 13.7. The maximum Gasteiger partial charge on any atom is 0.235 e. The normalized spacial score (nSPS) is 14.4. The van der Waals surface area contributed by atoms with E-state index in [1.807, 2.05) is 42.2 Å². The predicted molar refractivity (Wildman–Crippen MR) is 145 cm³/mol. The number of aromatic nitrogens is 1. The third kappa shape index (κ3) is 7.02. The quantitative estimate of drug-likeness (QED) is 0.333. The number of carbonyl (C=O) groups excluding carboxylic acids is 2. The van der Waals surface area contributed by atoms with E-state index in [9.17, 15) is 20.1 Å². The fraction of sp³-hybridized carbons (Fsp3) is 0.464. The highest BCUT2D eigenvalue weighted by molar-refractivity contribution is 8.00. The molecule has 1 aliphatic heterocycles. The van der Waals surface area contributed by atoms with Crippen LogP contribution in [-0.2, 0) is 16.0 Å². The van der Waals surface area contributed by atoms with E-state index in [4.69, 9.17) is 10.7 Å². The highest BCUT2D eigenvalue weighted by atomic mass is 32.2. The number of nitrogens with one attached hydrogen (secondary N) is 1. The average Bonchev–Trinajstić information content (AvgIpc) is 2.91. The molecule has 2 heterocycles. The number of nitrogens with two attached hydrogens (primary N) is 1. The van der Waals surface area contributed by atoms with Gasteiger partial charge in [0.2, 0.25) is 11.8 Å². The van der Waals surface area contributed by atoms with Gasteiger partial charge in [-0.25, -0.2) is 4.98 Å². The van der Waals surface area contributed by atoms with Crippen molar-refractivity contribution in [1.29, 1.82) is 10.5 Å². The Labute approximate surface area is 223 Å². The van der Waals surface area contributed by atoms with Gasteiger partial charge in [-0.05, 0) is 36.8 Å². The molecule has 1 atom stereocenters. The maximum absolute atomic E-state index is 12.4. The van der Waals surface area contributed by atoms with E-state index in [-0.39, 0.29) is 11.9 Å². The molecule has 2 amide bonds. The summed E-state index contributed by atoms with van der Waals surface area (Å²) in [6.07, 6.45) is 5.54. The summed E-state index contributed by atoms with van der Waals surface area (Å²) in [7, 11) is 0. The maximum atomic E-state index is 12.4. The number of hydrogen-bond donors (Lipinski definition) is 2. The molecule has 8 nitrogen and oxygen atoms in total. The molecule has 0 aliphatic carbocycles. The Balaban J connectivity index is 1.87. The molecule has 9 heteroatoms. The number of nitrogens with zero attached hydrogens (tertiary/aromatic N) is 4. The Kier molecular flexibility index (Phi) is 10.3. The van der Waals surface area contributed by atoms with Gasteiger partial charge in [-0.2, -0.15) is 10.5 Å². The van der Waals surface area contributed by atoms with Gasteiger partial charge in [0.25, 0.3) is 0 Å². The summed E-state index contributed by atoms with van der Waals surface area (Å²) in [5.74, 6) is 0.0812. The molecule has 1 unspecified atom stereocenters. The van der Waals surface area contributed by atoms with Crippen LogP contribution in [0.15, 0.2) is 35.4 Å². The first-order valence-electron chi connectivity index (χ1n) is 12.9. The monoisotopic (exact) mass is 518 g/mol. The second-order valence-electron chi connectivity index (χ2n) is 9.14. The van der Waals surface area contributed by atoms with E-state index >= 15 is 0 Å². The van der Waals surface area contributed by atoms with Gasteiger partial charge in [0.05, 0.1) is 11.1 Å². The minimum Gasteiger partial charge on any atom is -0.368 e. The molecule has 2 aromatic rings. The molecular weight excluding hydrogens is 484 g/mol. The van der Waals surface area contributed by atoms with E-state index in [1.165, 1.54) is 0 Å². The number of rotatable bonds is 11. The van der Waals surface area contributed by atoms with Crippen molar-refractivity contribution >= 4 is 29.4 Å². The van der Waals surface area contributed by atoms with Gasteiger partial charge in [-0.1, -0.05) is 68.8 Å². The SMILES string of the molecule is CCCCCC(=O)NC1CCN(c2nc(SC(C(N)=O)c3ccccc3)c(C#N)c(CC)c2C#N)CC1. The Morgan fingerprint density at radius 2 is 1.81 bits per heavy atom. The van der Waals surface area contributed by atoms with E-state index in [2.05, 4.69) is 24.4 Å². The number of thioether (sulfide) groups is 1. The number of carbonyl (C=O) groups is 2. The molecule has 0 saturated carbocycles. The topological polar surface area (TPSA) is 136 Å². The second-order valence-corrected chi connectivity index (χ2v) is 10.2. The van der Waals surface area contributed by atoms with Crippen LogP contribution in [0.5, 0.6) is 0 Å². The van der Waals surface area contributed by atoms with Gasteiger partial charge >= 0.3 is 0 Å². The van der Waals surface area contributed by atoms with E-state index < -0.39 is 11.2 Å².